The summed E-state index contributed by atoms with van der Waals surface area (Å²) in [6.45, 7) is 8.74. The van der Waals surface area contributed by atoms with Crippen molar-refractivity contribution in [2.24, 2.45) is 0 Å². The minimum atomic E-state index is -2.72. The smallest absolute Gasteiger partial charge is 0.388 e. The van der Waals surface area contributed by atoms with E-state index in [1.165, 1.54) is 0 Å². The summed E-state index contributed by atoms with van der Waals surface area (Å²) in [4.78, 5) is 0. The number of hydrogen-bond acceptors (Lipinski definition) is 2. The van der Waals surface area contributed by atoms with Crippen molar-refractivity contribution in [3.8, 4) is 0 Å². The van der Waals surface area contributed by atoms with E-state index in [1.807, 2.05) is 18.2 Å². The van der Waals surface area contributed by atoms with E-state index >= 15 is 0 Å². The Morgan fingerprint density at radius 2 is 1.52 bits per heavy atom. The molecule has 0 aromatic heterocycles. The highest BCUT2D eigenvalue weighted by molar-refractivity contribution is 6.92. The van der Waals surface area contributed by atoms with Gasteiger partial charge in [0.1, 0.15) is 0 Å². The van der Waals surface area contributed by atoms with Gasteiger partial charge in [-0.25, -0.2) is 0 Å². The molecule has 0 radical (unpaired) electrons. The van der Waals surface area contributed by atoms with Crippen LogP contribution in [0, 0.1) is 0 Å². The van der Waals surface area contributed by atoms with Gasteiger partial charge in [-0.3, -0.25) is 0 Å². The molecular weight excluding hydrogens is 300 g/mol. The van der Waals surface area contributed by atoms with Gasteiger partial charge in [-0.05, 0) is 30.1 Å². The molecule has 3 heteroatoms. The van der Waals surface area contributed by atoms with Crippen LogP contribution in [0.4, 0.5) is 0 Å². The predicted octanol–water partition coefficient (Wildman–Crippen LogP) is 3.65. The molecule has 2 aromatic rings. The Kier molecular flexibility index (Phi) is 6.78. The van der Waals surface area contributed by atoms with Gasteiger partial charge in [-0.1, -0.05) is 73.7 Å². The molecule has 0 saturated heterocycles. The summed E-state index contributed by atoms with van der Waals surface area (Å²) in [5.74, 6) is 0. The van der Waals surface area contributed by atoms with Crippen LogP contribution in [-0.4, -0.2) is 21.3 Å². The molecule has 0 amide bonds. The monoisotopic (exact) mass is 326 g/mol. The molecule has 2 nitrogen and oxygen atoms in total. The topological polar surface area (TPSA) is 18.5 Å². The van der Waals surface area contributed by atoms with Crippen LogP contribution >= 0.6 is 0 Å². The van der Waals surface area contributed by atoms with E-state index in [9.17, 15) is 0 Å². The molecular formula is C20H26O2Si. The quantitative estimate of drug-likeness (QED) is 0.517. The maximum atomic E-state index is 6.60. The van der Waals surface area contributed by atoms with Gasteiger partial charge in [0.2, 0.25) is 0 Å². The number of rotatable bonds is 9. The maximum Gasteiger partial charge on any atom is 0.407 e. The van der Waals surface area contributed by atoms with E-state index in [0.717, 1.165) is 23.2 Å². The van der Waals surface area contributed by atoms with Gasteiger partial charge in [0.25, 0.3) is 0 Å². The lowest BCUT2D eigenvalue weighted by Crippen LogP contribution is -2.64. The van der Waals surface area contributed by atoms with Gasteiger partial charge in [-0.15, -0.1) is 6.58 Å². The van der Waals surface area contributed by atoms with Crippen LogP contribution < -0.4 is 10.4 Å². The SMILES string of the molecule is C=CCC(C)O[Si](OCCC)(c1ccccc1)c1ccccc1. The van der Waals surface area contributed by atoms with E-state index in [-0.39, 0.29) is 6.10 Å². The third kappa shape index (κ3) is 4.41. The van der Waals surface area contributed by atoms with Crippen LogP contribution in [0.25, 0.3) is 0 Å². The second-order valence-electron chi connectivity index (χ2n) is 5.65. The standard InChI is InChI=1S/C20H26O2Si/c1-4-12-18(3)22-23(21-17-5-2,19-13-8-6-9-14-19)20-15-10-7-11-16-20/h4,6-11,13-16,18H,1,5,12,17H2,2-3H3. The first-order valence-corrected chi connectivity index (χ1v) is 10.1. The summed E-state index contributed by atoms with van der Waals surface area (Å²) in [7, 11) is -2.72. The van der Waals surface area contributed by atoms with Gasteiger partial charge in [-0.2, -0.15) is 0 Å². The van der Waals surface area contributed by atoms with Crippen molar-refractivity contribution in [1.29, 1.82) is 0 Å². The predicted molar refractivity (Wildman–Crippen MR) is 99.5 cm³/mol. The van der Waals surface area contributed by atoms with Crippen LogP contribution in [0.5, 0.6) is 0 Å². The fourth-order valence-corrected chi connectivity index (χ4v) is 6.05. The molecule has 2 rings (SSSR count). The lowest BCUT2D eigenvalue weighted by molar-refractivity contribution is 0.143. The molecule has 2 aromatic carbocycles. The van der Waals surface area contributed by atoms with Crippen molar-refractivity contribution >= 4 is 18.9 Å². The van der Waals surface area contributed by atoms with Gasteiger partial charge in [0.05, 0.1) is 0 Å². The molecule has 0 fully saturated rings. The van der Waals surface area contributed by atoms with Crippen LogP contribution in [-0.2, 0) is 8.85 Å². The molecule has 0 spiro atoms. The fraction of sp³-hybridized carbons (Fsp3) is 0.300. The molecule has 0 saturated carbocycles. The lowest BCUT2D eigenvalue weighted by atomic mass is 10.3. The first kappa shape index (κ1) is 17.7. The highest BCUT2D eigenvalue weighted by Gasteiger charge is 2.43. The first-order valence-electron chi connectivity index (χ1n) is 8.26. The highest BCUT2D eigenvalue weighted by atomic mass is 28.4. The average Bonchev–Trinajstić information content (AvgIpc) is 2.60. The second-order valence-corrected chi connectivity index (χ2v) is 8.56. The van der Waals surface area contributed by atoms with Crippen molar-refractivity contribution in [1.82, 2.24) is 0 Å². The van der Waals surface area contributed by atoms with Crippen molar-refractivity contribution in [3.05, 3.63) is 73.3 Å². The molecule has 0 aliphatic heterocycles. The Bertz CT molecular complexity index is 544. The third-order valence-electron chi connectivity index (χ3n) is 3.68. The summed E-state index contributed by atoms with van der Waals surface area (Å²) in [6.07, 6.45) is 3.74. The van der Waals surface area contributed by atoms with Crippen molar-refractivity contribution < 1.29 is 8.85 Å². The Labute approximate surface area is 141 Å². The Morgan fingerprint density at radius 1 is 1.00 bits per heavy atom. The number of hydrogen-bond donors (Lipinski definition) is 0. The summed E-state index contributed by atoms with van der Waals surface area (Å²) in [5, 5.41) is 2.30. The molecule has 23 heavy (non-hydrogen) atoms. The highest BCUT2D eigenvalue weighted by Crippen LogP contribution is 2.15. The molecule has 122 valence electrons. The zero-order chi connectivity index (χ0) is 16.5. The molecule has 1 atom stereocenters. The van der Waals surface area contributed by atoms with Crippen LogP contribution in [0.15, 0.2) is 73.3 Å². The van der Waals surface area contributed by atoms with Crippen LogP contribution in [0.2, 0.25) is 0 Å². The first-order chi connectivity index (χ1) is 11.2. The molecule has 0 heterocycles. The van der Waals surface area contributed by atoms with Crippen molar-refractivity contribution in [2.75, 3.05) is 6.61 Å². The van der Waals surface area contributed by atoms with E-state index in [4.69, 9.17) is 8.85 Å². The summed E-state index contributed by atoms with van der Waals surface area (Å²) >= 11 is 0. The zero-order valence-electron chi connectivity index (χ0n) is 14.1. The zero-order valence-corrected chi connectivity index (χ0v) is 15.1. The van der Waals surface area contributed by atoms with Crippen LogP contribution in [0.3, 0.4) is 0 Å². The van der Waals surface area contributed by atoms with Crippen LogP contribution in [0.1, 0.15) is 26.7 Å². The molecule has 0 N–H and O–H groups in total. The Hall–Kier alpha value is -1.68. The van der Waals surface area contributed by atoms with Gasteiger partial charge in [0, 0.05) is 12.7 Å². The third-order valence-corrected chi connectivity index (χ3v) is 7.21. The summed E-state index contributed by atoms with van der Waals surface area (Å²) in [6, 6.07) is 20.7. The average molecular weight is 327 g/mol. The fourth-order valence-electron chi connectivity index (χ4n) is 2.63. The summed E-state index contributed by atoms with van der Waals surface area (Å²) < 4.78 is 13.0. The number of benzene rings is 2. The van der Waals surface area contributed by atoms with Gasteiger partial charge >= 0.3 is 8.56 Å². The molecule has 1 unspecified atom stereocenters. The van der Waals surface area contributed by atoms with E-state index in [1.54, 1.807) is 0 Å². The van der Waals surface area contributed by atoms with E-state index in [2.05, 4.69) is 69.0 Å². The summed E-state index contributed by atoms with van der Waals surface area (Å²) in [5.41, 5.74) is 0. The van der Waals surface area contributed by atoms with Gasteiger partial charge in [0.15, 0.2) is 0 Å². The molecule has 0 aliphatic carbocycles. The largest absolute Gasteiger partial charge is 0.407 e. The Morgan fingerprint density at radius 3 is 1.96 bits per heavy atom. The van der Waals surface area contributed by atoms with Crippen molar-refractivity contribution in [3.63, 3.8) is 0 Å². The second kappa shape index (κ2) is 8.82. The minimum Gasteiger partial charge on any atom is -0.388 e. The lowest BCUT2D eigenvalue weighted by Gasteiger charge is -2.34. The molecule has 0 bridgehead atoms. The van der Waals surface area contributed by atoms with E-state index in [0.29, 0.717) is 6.61 Å². The Balaban J connectivity index is 2.51. The molecule has 0 aliphatic rings. The maximum absolute atomic E-state index is 6.60. The van der Waals surface area contributed by atoms with Crippen molar-refractivity contribution in [2.45, 2.75) is 32.8 Å². The van der Waals surface area contributed by atoms with Gasteiger partial charge < -0.3 is 8.85 Å². The minimum absolute atomic E-state index is 0.0661. The van der Waals surface area contributed by atoms with E-state index < -0.39 is 8.56 Å². The normalized spacial score (nSPS) is 12.8.